The van der Waals surface area contributed by atoms with Crippen molar-refractivity contribution >= 4 is 17.5 Å². The van der Waals surface area contributed by atoms with E-state index >= 15 is 4.39 Å². The molecule has 0 unspecified atom stereocenters. The lowest BCUT2D eigenvalue weighted by molar-refractivity contribution is -0.220. The Balaban J connectivity index is 0.958. The number of para-hydroxylation sites is 1. The van der Waals surface area contributed by atoms with Gasteiger partial charge in [-0.15, -0.1) is 0 Å². The maximum atomic E-state index is 17.4. The predicted octanol–water partition coefficient (Wildman–Crippen LogP) is 5.14. The quantitative estimate of drug-likeness (QED) is 0.0915. The van der Waals surface area contributed by atoms with Crippen LogP contribution in [0.2, 0.25) is 0 Å². The minimum absolute atomic E-state index is 0.0530. The lowest BCUT2D eigenvalue weighted by Crippen LogP contribution is -2.69. The highest BCUT2D eigenvalue weighted by Crippen LogP contribution is 2.70. The van der Waals surface area contributed by atoms with E-state index in [9.17, 15) is 39.9 Å². The Morgan fingerprint density at radius 2 is 1.76 bits per heavy atom. The number of ketones is 2. The number of hydrogen-bond acceptors (Lipinski definition) is 10. The van der Waals surface area contributed by atoms with Crippen LogP contribution in [0.5, 0.6) is 5.75 Å². The fourth-order valence-electron chi connectivity index (χ4n) is 11.3. The third-order valence-corrected chi connectivity index (χ3v) is 14.4. The van der Waals surface area contributed by atoms with Gasteiger partial charge in [0, 0.05) is 23.2 Å². The Kier molecular flexibility index (Phi) is 12.3. The molecule has 55 heavy (non-hydrogen) atoms. The first-order valence-corrected chi connectivity index (χ1v) is 20.2. The fraction of sp³-hybridized carbons (Fsp3) is 0.659. The highest BCUT2D eigenvalue weighted by Gasteiger charge is 2.75. The first-order chi connectivity index (χ1) is 26.1. The van der Waals surface area contributed by atoms with E-state index in [0.29, 0.717) is 62.7 Å². The van der Waals surface area contributed by atoms with Gasteiger partial charge in [0.15, 0.2) is 18.1 Å². The molecule has 0 radical (unpaired) electrons. The van der Waals surface area contributed by atoms with Crippen LogP contribution < -0.4 is 4.74 Å². The number of carbonyl (C=O) groups is 3. The second-order valence-electron chi connectivity index (χ2n) is 17.4. The number of fused-ring (bicyclic) bond motifs is 5. The van der Waals surface area contributed by atoms with Crippen molar-refractivity contribution < 1.29 is 53.8 Å². The van der Waals surface area contributed by atoms with Gasteiger partial charge in [-0.1, -0.05) is 55.8 Å². The molecule has 13 atom stereocenters. The molecule has 1 aromatic carbocycles. The number of halogens is 1. The number of alkyl halides is 1. The van der Waals surface area contributed by atoms with Gasteiger partial charge in [0.2, 0.25) is 5.78 Å². The SMILES string of the molecule is C[C@@H]1C[C@H]2[C@@H]3CCC4=CC(=O)C=C[C@]4(C)[C@@]3(F)[C@@H](O)C[C@]2(C)[C@@]1(O)C(=O)COC(=O)CCC/C=C\C[C@@H]1[C@@H](CC[C@@H](O)COc2ccccc2)[C@H](O)C[C@@H]1O. The molecule has 5 aliphatic carbocycles. The number of benzene rings is 1. The molecule has 0 aromatic heterocycles. The molecule has 0 saturated heterocycles. The Hall–Kier alpha value is -3.22. The molecule has 0 heterocycles. The number of allylic oxidation sites excluding steroid dienone is 6. The summed E-state index contributed by atoms with van der Waals surface area (Å²) in [5.41, 5.74) is -5.66. The zero-order chi connectivity index (χ0) is 39.8. The van der Waals surface area contributed by atoms with Crippen LogP contribution in [0, 0.1) is 40.4 Å². The van der Waals surface area contributed by atoms with Gasteiger partial charge in [0.05, 0.1) is 24.4 Å². The van der Waals surface area contributed by atoms with E-state index < -0.39 is 82.6 Å². The molecule has 6 rings (SSSR count). The summed E-state index contributed by atoms with van der Waals surface area (Å²) in [6, 6.07) is 9.24. The van der Waals surface area contributed by atoms with Gasteiger partial charge in [-0.2, -0.15) is 0 Å². The molecule has 5 N–H and O–H groups in total. The second-order valence-corrected chi connectivity index (χ2v) is 17.4. The van der Waals surface area contributed by atoms with Crippen molar-refractivity contribution in [3.05, 3.63) is 66.3 Å². The molecule has 5 aliphatic rings. The number of hydrogen-bond donors (Lipinski definition) is 5. The van der Waals surface area contributed by atoms with E-state index in [1.54, 1.807) is 26.8 Å². The fourth-order valence-corrected chi connectivity index (χ4v) is 11.3. The van der Waals surface area contributed by atoms with Crippen molar-refractivity contribution in [1.29, 1.82) is 0 Å². The Bertz CT molecular complexity index is 1660. The number of rotatable bonds is 15. The summed E-state index contributed by atoms with van der Waals surface area (Å²) in [7, 11) is 0. The Morgan fingerprint density at radius 1 is 1.04 bits per heavy atom. The van der Waals surface area contributed by atoms with Crippen LogP contribution in [0.25, 0.3) is 0 Å². The number of esters is 1. The second kappa shape index (κ2) is 16.3. The number of carbonyl (C=O) groups excluding carboxylic acids is 3. The van der Waals surface area contributed by atoms with Gasteiger partial charge in [0.1, 0.15) is 18.0 Å². The Labute approximate surface area is 323 Å². The van der Waals surface area contributed by atoms with E-state index in [-0.39, 0.29) is 43.5 Å². The van der Waals surface area contributed by atoms with E-state index in [0.717, 1.165) is 0 Å². The van der Waals surface area contributed by atoms with Crippen LogP contribution in [0.1, 0.15) is 91.4 Å². The molecule has 0 amide bonds. The smallest absolute Gasteiger partial charge is 0.306 e. The van der Waals surface area contributed by atoms with Crippen molar-refractivity contribution in [3.63, 3.8) is 0 Å². The van der Waals surface area contributed by atoms with Crippen molar-refractivity contribution in [2.45, 2.75) is 127 Å². The summed E-state index contributed by atoms with van der Waals surface area (Å²) in [6.45, 7) is 4.76. The van der Waals surface area contributed by atoms with Crippen LogP contribution in [-0.2, 0) is 19.1 Å². The van der Waals surface area contributed by atoms with Crippen LogP contribution in [0.15, 0.2) is 66.3 Å². The minimum atomic E-state index is -2.07. The lowest BCUT2D eigenvalue weighted by Gasteiger charge is -2.62. The predicted molar refractivity (Wildman–Crippen MR) is 202 cm³/mol. The molecular weight excluding hydrogens is 707 g/mol. The van der Waals surface area contributed by atoms with Crippen LogP contribution in [-0.4, -0.2) is 92.0 Å². The van der Waals surface area contributed by atoms with E-state index in [2.05, 4.69) is 0 Å². The maximum absolute atomic E-state index is 17.4. The van der Waals surface area contributed by atoms with E-state index in [1.807, 2.05) is 42.5 Å². The van der Waals surface area contributed by atoms with Gasteiger partial charge in [-0.3, -0.25) is 14.4 Å². The molecule has 10 nitrogen and oxygen atoms in total. The first-order valence-electron chi connectivity index (χ1n) is 20.2. The molecule has 0 spiro atoms. The molecular formula is C44H59FO10. The molecule has 0 aliphatic heterocycles. The van der Waals surface area contributed by atoms with Crippen molar-refractivity contribution in [3.8, 4) is 5.75 Å². The third-order valence-electron chi connectivity index (χ3n) is 14.4. The lowest BCUT2D eigenvalue weighted by atomic mass is 9.44. The third kappa shape index (κ3) is 7.52. The van der Waals surface area contributed by atoms with E-state index in [1.165, 1.54) is 12.2 Å². The van der Waals surface area contributed by atoms with Crippen LogP contribution in [0.4, 0.5) is 4.39 Å². The number of aliphatic hydroxyl groups is 5. The number of ether oxygens (including phenoxy) is 2. The molecule has 4 saturated carbocycles. The topological polar surface area (TPSA) is 171 Å². The van der Waals surface area contributed by atoms with Crippen LogP contribution in [0.3, 0.4) is 0 Å². The highest BCUT2D eigenvalue weighted by atomic mass is 19.1. The van der Waals surface area contributed by atoms with Crippen molar-refractivity contribution in [1.82, 2.24) is 0 Å². The maximum Gasteiger partial charge on any atom is 0.306 e. The summed E-state index contributed by atoms with van der Waals surface area (Å²) in [6.07, 6.45) is 8.75. The molecule has 0 bridgehead atoms. The monoisotopic (exact) mass is 766 g/mol. The summed E-state index contributed by atoms with van der Waals surface area (Å²) in [4.78, 5) is 38.6. The zero-order valence-electron chi connectivity index (χ0n) is 32.3. The minimum Gasteiger partial charge on any atom is -0.491 e. The van der Waals surface area contributed by atoms with Gasteiger partial charge in [-0.25, -0.2) is 4.39 Å². The first kappa shape index (κ1) is 41.4. The van der Waals surface area contributed by atoms with Crippen molar-refractivity contribution in [2.75, 3.05) is 13.2 Å². The molecule has 11 heteroatoms. The highest BCUT2D eigenvalue weighted by molar-refractivity contribution is 6.01. The Morgan fingerprint density at radius 3 is 2.51 bits per heavy atom. The number of unbranched alkanes of at least 4 members (excludes halogenated alkanes) is 1. The van der Waals surface area contributed by atoms with Gasteiger partial charge in [-0.05, 0) is 119 Å². The number of aliphatic hydroxyl groups excluding tert-OH is 4. The normalized spacial score (nSPS) is 39.9. The molecule has 1 aromatic rings. The summed E-state index contributed by atoms with van der Waals surface area (Å²) in [5.74, 6) is -2.69. The van der Waals surface area contributed by atoms with Gasteiger partial charge in [0.25, 0.3) is 0 Å². The molecule has 302 valence electrons. The van der Waals surface area contributed by atoms with Crippen molar-refractivity contribution in [2.24, 2.45) is 40.4 Å². The van der Waals surface area contributed by atoms with E-state index in [4.69, 9.17) is 9.47 Å². The van der Waals surface area contributed by atoms with Gasteiger partial charge < -0.3 is 35.0 Å². The average Bonchev–Trinajstić information content (AvgIpc) is 3.54. The summed E-state index contributed by atoms with van der Waals surface area (Å²) in [5, 5.41) is 55.4. The van der Waals surface area contributed by atoms with Gasteiger partial charge >= 0.3 is 5.97 Å². The summed E-state index contributed by atoms with van der Waals surface area (Å²) < 4.78 is 28.4. The largest absolute Gasteiger partial charge is 0.491 e. The molecule has 4 fully saturated rings. The standard InChI is InChI=1S/C44H59FO10/c1-27-21-35-34-18-15-28-22-29(46)19-20-41(28,2)43(34,45)38(50)24-42(35,3)44(27,53)39(51)26-55-40(52)14-10-5-4-9-13-32-33(37(49)23-36(32)48)17-16-30(47)25-54-31-11-7-6-8-12-31/h4,6-9,11-12,19-20,22,27,30,32-38,47-50,53H,5,10,13-18,21,23-26H2,1-3H3/b9-4-/t27-,30-,32-,33-,34+,35+,36+,37-,38+,41+,42+,43+,44+/m1/s1. The number of Topliss-reactive ketones (excluding diaryl/α,β-unsaturated/α-hetero) is 1. The summed E-state index contributed by atoms with van der Waals surface area (Å²) >= 11 is 0. The van der Waals surface area contributed by atoms with Crippen LogP contribution >= 0.6 is 0 Å². The zero-order valence-corrected chi connectivity index (χ0v) is 32.3. The average molecular weight is 767 g/mol.